The van der Waals surface area contributed by atoms with Crippen molar-refractivity contribution >= 4 is 22.6 Å². The summed E-state index contributed by atoms with van der Waals surface area (Å²) in [6, 6.07) is 5.65. The first-order valence-corrected chi connectivity index (χ1v) is 5.36. The lowest BCUT2D eigenvalue weighted by Crippen LogP contribution is -2.15. The first kappa shape index (κ1) is 11.7. The molecule has 0 aliphatic heterocycles. The van der Waals surface area contributed by atoms with Gasteiger partial charge in [0, 0.05) is 9.99 Å². The molecular weight excluding hydrogens is 295 g/mol. The van der Waals surface area contributed by atoms with Crippen molar-refractivity contribution in [2.24, 2.45) is 0 Å². The maximum Gasteiger partial charge on any atom is 0.119 e. The van der Waals surface area contributed by atoms with Crippen LogP contribution in [0.2, 0.25) is 0 Å². The van der Waals surface area contributed by atoms with Gasteiger partial charge in [-0.2, -0.15) is 0 Å². The summed E-state index contributed by atoms with van der Waals surface area (Å²) < 4.78 is 6.10. The molecular formula is C10H13IO3. The van der Waals surface area contributed by atoms with E-state index in [1.54, 1.807) is 7.11 Å². The molecule has 0 amide bonds. The van der Waals surface area contributed by atoms with E-state index >= 15 is 0 Å². The fourth-order valence-electron chi connectivity index (χ4n) is 1.14. The molecule has 0 saturated carbocycles. The third kappa shape index (κ3) is 3.11. The summed E-state index contributed by atoms with van der Waals surface area (Å²) in [7, 11) is 1.62. The van der Waals surface area contributed by atoms with Crippen molar-refractivity contribution in [3.05, 3.63) is 27.3 Å². The minimum absolute atomic E-state index is 0.206. The predicted molar refractivity (Wildman–Crippen MR) is 62.5 cm³/mol. The van der Waals surface area contributed by atoms with E-state index in [1.807, 2.05) is 18.2 Å². The summed E-state index contributed by atoms with van der Waals surface area (Å²) in [5.41, 5.74) is 1.02. The number of rotatable bonds is 4. The van der Waals surface area contributed by atoms with E-state index < -0.39 is 6.10 Å². The lowest BCUT2D eigenvalue weighted by Gasteiger charge is -2.10. The van der Waals surface area contributed by atoms with Crippen molar-refractivity contribution in [1.82, 2.24) is 0 Å². The Morgan fingerprint density at radius 1 is 1.50 bits per heavy atom. The largest absolute Gasteiger partial charge is 0.497 e. The van der Waals surface area contributed by atoms with Crippen molar-refractivity contribution in [3.63, 3.8) is 0 Å². The Hall–Kier alpha value is -0.330. The van der Waals surface area contributed by atoms with Crippen molar-refractivity contribution in [1.29, 1.82) is 0 Å². The minimum atomic E-state index is -0.683. The van der Waals surface area contributed by atoms with Gasteiger partial charge in [-0.05, 0) is 40.3 Å². The molecule has 2 N–H and O–H groups in total. The maximum absolute atomic E-state index is 9.28. The molecule has 0 spiro atoms. The molecule has 0 radical (unpaired) electrons. The quantitative estimate of drug-likeness (QED) is 0.822. The van der Waals surface area contributed by atoms with Crippen LogP contribution in [-0.4, -0.2) is 30.0 Å². The number of methoxy groups -OCH3 is 1. The number of halogens is 1. The second-order valence-corrected chi connectivity index (χ2v) is 4.16. The molecule has 78 valence electrons. The average Bonchev–Trinajstić information content (AvgIpc) is 2.20. The summed E-state index contributed by atoms with van der Waals surface area (Å²) in [6.07, 6.45) is -0.212. The van der Waals surface area contributed by atoms with E-state index in [-0.39, 0.29) is 6.61 Å². The molecule has 1 aromatic carbocycles. The molecule has 1 aromatic rings. The van der Waals surface area contributed by atoms with Crippen LogP contribution in [0.3, 0.4) is 0 Å². The van der Waals surface area contributed by atoms with Gasteiger partial charge in [0.1, 0.15) is 5.75 Å². The molecule has 14 heavy (non-hydrogen) atoms. The van der Waals surface area contributed by atoms with E-state index in [0.29, 0.717) is 6.42 Å². The third-order valence-electron chi connectivity index (χ3n) is 1.93. The molecule has 1 rings (SSSR count). The molecule has 1 unspecified atom stereocenters. The Morgan fingerprint density at radius 3 is 2.71 bits per heavy atom. The Morgan fingerprint density at radius 2 is 2.21 bits per heavy atom. The van der Waals surface area contributed by atoms with E-state index in [2.05, 4.69) is 22.6 Å². The molecule has 0 bridgehead atoms. The SMILES string of the molecule is COc1ccc(CC(O)CO)c(I)c1. The van der Waals surface area contributed by atoms with Crippen molar-refractivity contribution < 1.29 is 14.9 Å². The Kier molecular flexibility index (Phi) is 4.64. The fraction of sp³-hybridized carbons (Fsp3) is 0.400. The number of benzene rings is 1. The zero-order valence-electron chi connectivity index (χ0n) is 7.90. The molecule has 3 nitrogen and oxygen atoms in total. The molecule has 0 aliphatic carbocycles. The van der Waals surface area contributed by atoms with Crippen LogP contribution in [0.5, 0.6) is 5.75 Å². The third-order valence-corrected chi connectivity index (χ3v) is 2.93. The monoisotopic (exact) mass is 308 g/mol. The molecule has 0 saturated heterocycles. The first-order valence-electron chi connectivity index (χ1n) is 4.28. The Balaban J connectivity index is 2.78. The van der Waals surface area contributed by atoms with Gasteiger partial charge in [-0.25, -0.2) is 0 Å². The Labute approximate surface area is 96.9 Å². The second kappa shape index (κ2) is 5.53. The number of hydrogen-bond donors (Lipinski definition) is 2. The van der Waals surface area contributed by atoms with Crippen LogP contribution < -0.4 is 4.74 Å². The van der Waals surface area contributed by atoms with E-state index in [0.717, 1.165) is 14.9 Å². The fourth-order valence-corrected chi connectivity index (χ4v) is 1.85. The first-order chi connectivity index (χ1) is 6.67. The van der Waals surface area contributed by atoms with Crippen molar-refractivity contribution in [2.75, 3.05) is 13.7 Å². The van der Waals surface area contributed by atoms with Gasteiger partial charge in [0.2, 0.25) is 0 Å². The van der Waals surface area contributed by atoms with Crippen LogP contribution in [0.25, 0.3) is 0 Å². The standard InChI is InChI=1S/C10H13IO3/c1-14-9-3-2-7(10(11)5-9)4-8(13)6-12/h2-3,5,8,12-13H,4,6H2,1H3. The van der Waals surface area contributed by atoms with Gasteiger partial charge in [0.05, 0.1) is 19.8 Å². The molecule has 0 fully saturated rings. The second-order valence-electron chi connectivity index (χ2n) is 3.00. The van der Waals surface area contributed by atoms with E-state index in [4.69, 9.17) is 9.84 Å². The molecule has 0 heterocycles. The van der Waals surface area contributed by atoms with Crippen LogP contribution in [0.15, 0.2) is 18.2 Å². The van der Waals surface area contributed by atoms with Crippen LogP contribution >= 0.6 is 22.6 Å². The smallest absolute Gasteiger partial charge is 0.119 e. The summed E-state index contributed by atoms with van der Waals surface area (Å²) in [5.74, 6) is 0.802. The van der Waals surface area contributed by atoms with Gasteiger partial charge >= 0.3 is 0 Å². The highest BCUT2D eigenvalue weighted by atomic mass is 127. The minimum Gasteiger partial charge on any atom is -0.497 e. The number of aliphatic hydroxyl groups is 2. The summed E-state index contributed by atoms with van der Waals surface area (Å²) in [5, 5.41) is 18.0. The van der Waals surface area contributed by atoms with Gasteiger partial charge in [-0.1, -0.05) is 6.07 Å². The molecule has 4 heteroatoms. The summed E-state index contributed by atoms with van der Waals surface area (Å²) in [4.78, 5) is 0. The summed E-state index contributed by atoms with van der Waals surface area (Å²) >= 11 is 2.19. The normalized spacial score (nSPS) is 12.6. The van der Waals surface area contributed by atoms with Crippen molar-refractivity contribution in [2.45, 2.75) is 12.5 Å². The predicted octanol–water partition coefficient (Wildman–Crippen LogP) is 1.20. The van der Waals surface area contributed by atoms with Crippen LogP contribution in [0, 0.1) is 3.57 Å². The number of aliphatic hydroxyl groups excluding tert-OH is 2. The van der Waals surface area contributed by atoms with Gasteiger partial charge in [0.25, 0.3) is 0 Å². The van der Waals surface area contributed by atoms with E-state index in [9.17, 15) is 5.11 Å². The van der Waals surface area contributed by atoms with Gasteiger partial charge < -0.3 is 14.9 Å². The highest BCUT2D eigenvalue weighted by Crippen LogP contribution is 2.20. The number of ether oxygens (including phenoxy) is 1. The summed E-state index contributed by atoms with van der Waals surface area (Å²) in [6.45, 7) is -0.206. The number of hydrogen-bond acceptors (Lipinski definition) is 3. The van der Waals surface area contributed by atoms with Gasteiger partial charge in [-0.3, -0.25) is 0 Å². The maximum atomic E-state index is 9.28. The highest BCUT2D eigenvalue weighted by Gasteiger charge is 2.07. The topological polar surface area (TPSA) is 49.7 Å². The highest BCUT2D eigenvalue weighted by molar-refractivity contribution is 14.1. The van der Waals surface area contributed by atoms with Crippen LogP contribution in [-0.2, 0) is 6.42 Å². The van der Waals surface area contributed by atoms with Crippen molar-refractivity contribution in [3.8, 4) is 5.75 Å². The van der Waals surface area contributed by atoms with Gasteiger partial charge in [0.15, 0.2) is 0 Å². The molecule has 0 aliphatic rings. The zero-order valence-corrected chi connectivity index (χ0v) is 10.1. The zero-order chi connectivity index (χ0) is 10.6. The van der Waals surface area contributed by atoms with Gasteiger partial charge in [-0.15, -0.1) is 0 Å². The average molecular weight is 308 g/mol. The molecule has 1 atom stereocenters. The Bertz CT molecular complexity index is 301. The van der Waals surface area contributed by atoms with E-state index in [1.165, 1.54) is 0 Å². The van der Waals surface area contributed by atoms with Crippen LogP contribution in [0.1, 0.15) is 5.56 Å². The lowest BCUT2D eigenvalue weighted by atomic mass is 10.1. The van der Waals surface area contributed by atoms with Crippen LogP contribution in [0.4, 0.5) is 0 Å². The molecule has 0 aromatic heterocycles. The lowest BCUT2D eigenvalue weighted by molar-refractivity contribution is 0.0953.